The van der Waals surface area contributed by atoms with E-state index in [1.54, 1.807) is 45.2 Å². The van der Waals surface area contributed by atoms with Gasteiger partial charge in [-0.25, -0.2) is 0 Å². The minimum absolute atomic E-state index is 0.403. The summed E-state index contributed by atoms with van der Waals surface area (Å²) in [6.45, 7) is 3.60. The number of hydrogen-bond donors (Lipinski definition) is 2. The van der Waals surface area contributed by atoms with Crippen molar-refractivity contribution in [2.24, 2.45) is 0 Å². The fourth-order valence-corrected chi connectivity index (χ4v) is 3.45. The Morgan fingerprint density at radius 2 is 1.65 bits per heavy atom. The van der Waals surface area contributed by atoms with Crippen LogP contribution in [0.1, 0.15) is 32.3 Å². The van der Waals surface area contributed by atoms with Crippen LogP contribution in [0.3, 0.4) is 0 Å². The maximum atomic E-state index is 11.7. The van der Waals surface area contributed by atoms with Crippen molar-refractivity contribution in [1.82, 2.24) is 0 Å². The zero-order valence-corrected chi connectivity index (χ0v) is 11.3. The molecule has 0 spiro atoms. The number of rotatable bonds is 5. The van der Waals surface area contributed by atoms with Gasteiger partial charge in [-0.2, -0.15) is 0 Å². The van der Waals surface area contributed by atoms with Crippen LogP contribution in [0.15, 0.2) is 24.3 Å². The molecule has 1 rings (SSSR count). The van der Waals surface area contributed by atoms with Gasteiger partial charge in [0.2, 0.25) is 0 Å². The molecule has 0 atom stereocenters. The van der Waals surface area contributed by atoms with E-state index in [-0.39, 0.29) is 0 Å². The van der Waals surface area contributed by atoms with E-state index in [4.69, 9.17) is 4.74 Å². The van der Waals surface area contributed by atoms with Crippen LogP contribution in [0.25, 0.3) is 0 Å². The lowest BCUT2D eigenvalue weighted by Crippen LogP contribution is -2.24. The predicted molar refractivity (Wildman–Crippen MR) is 67.3 cm³/mol. The molecule has 1 aromatic carbocycles. The molecule has 0 aliphatic carbocycles. The zero-order valence-electron chi connectivity index (χ0n) is 10.4. The Labute approximate surface area is 102 Å². The van der Waals surface area contributed by atoms with Crippen molar-refractivity contribution in [3.05, 3.63) is 29.8 Å². The van der Waals surface area contributed by atoms with Crippen LogP contribution in [-0.2, 0) is 9.72 Å². The second-order valence-electron chi connectivity index (χ2n) is 4.01. The van der Waals surface area contributed by atoms with E-state index in [0.29, 0.717) is 24.2 Å². The molecule has 17 heavy (non-hydrogen) atoms. The smallest absolute Gasteiger partial charge is 0.335 e. The molecule has 4 nitrogen and oxygen atoms in total. The van der Waals surface area contributed by atoms with E-state index in [1.165, 1.54) is 0 Å². The van der Waals surface area contributed by atoms with Crippen molar-refractivity contribution >= 4 is 7.60 Å². The largest absolute Gasteiger partial charge is 0.497 e. The monoisotopic (exact) mass is 258 g/mol. The molecule has 0 fully saturated rings. The third-order valence-electron chi connectivity index (χ3n) is 3.35. The summed E-state index contributed by atoms with van der Waals surface area (Å²) in [5, 5.41) is -1.08. The molecule has 1 aromatic rings. The van der Waals surface area contributed by atoms with Gasteiger partial charge in [0.05, 0.1) is 12.3 Å². The highest BCUT2D eigenvalue weighted by Gasteiger charge is 2.45. The minimum atomic E-state index is -4.19. The van der Waals surface area contributed by atoms with Gasteiger partial charge in [0.15, 0.2) is 0 Å². The van der Waals surface area contributed by atoms with Gasteiger partial charge in [-0.1, -0.05) is 26.0 Å². The van der Waals surface area contributed by atoms with Crippen molar-refractivity contribution in [3.63, 3.8) is 0 Å². The Morgan fingerprint density at radius 1 is 1.18 bits per heavy atom. The second-order valence-corrected chi connectivity index (χ2v) is 5.96. The van der Waals surface area contributed by atoms with Crippen molar-refractivity contribution in [2.75, 3.05) is 7.11 Å². The zero-order chi connectivity index (χ0) is 13.1. The lowest BCUT2D eigenvalue weighted by molar-refractivity contribution is 0.315. The number of hydrogen-bond acceptors (Lipinski definition) is 2. The van der Waals surface area contributed by atoms with Gasteiger partial charge >= 0.3 is 7.60 Å². The van der Waals surface area contributed by atoms with E-state index in [9.17, 15) is 14.4 Å². The second kappa shape index (κ2) is 5.21. The summed E-state index contributed by atoms with van der Waals surface area (Å²) < 4.78 is 16.8. The Balaban J connectivity index is 3.27. The molecular formula is C12H19O4P. The van der Waals surface area contributed by atoms with Crippen LogP contribution in [0.5, 0.6) is 5.75 Å². The summed E-state index contributed by atoms with van der Waals surface area (Å²) in [6.07, 6.45) is 0.806. The van der Waals surface area contributed by atoms with E-state index >= 15 is 0 Å². The summed E-state index contributed by atoms with van der Waals surface area (Å²) in [5.41, 5.74) is 0.664. The fraction of sp³-hybridized carbons (Fsp3) is 0.500. The Hall–Kier alpha value is -0.830. The lowest BCUT2D eigenvalue weighted by atomic mass is 9.92. The van der Waals surface area contributed by atoms with Gasteiger partial charge < -0.3 is 14.5 Å². The van der Waals surface area contributed by atoms with Crippen LogP contribution in [0.4, 0.5) is 0 Å². The molecule has 0 unspecified atom stereocenters. The van der Waals surface area contributed by atoms with Gasteiger partial charge in [0.25, 0.3) is 0 Å². The molecular weight excluding hydrogens is 239 g/mol. The van der Waals surface area contributed by atoms with Crippen molar-refractivity contribution in [1.29, 1.82) is 0 Å². The first kappa shape index (κ1) is 14.2. The van der Waals surface area contributed by atoms with Gasteiger partial charge in [-0.3, -0.25) is 4.57 Å². The van der Waals surface area contributed by atoms with Crippen LogP contribution >= 0.6 is 7.60 Å². The SMILES string of the molecule is CCC(CC)(c1ccc(OC)cc1)P(=O)(O)O. The maximum Gasteiger partial charge on any atom is 0.335 e. The van der Waals surface area contributed by atoms with Gasteiger partial charge in [0.1, 0.15) is 5.75 Å². The summed E-state index contributed by atoms with van der Waals surface area (Å²) in [4.78, 5) is 19.2. The highest BCUT2D eigenvalue weighted by molar-refractivity contribution is 7.53. The molecule has 0 amide bonds. The minimum Gasteiger partial charge on any atom is -0.497 e. The number of methoxy groups -OCH3 is 1. The normalized spacial score (nSPS) is 12.5. The molecule has 2 N–H and O–H groups in total. The Morgan fingerprint density at radius 3 is 1.94 bits per heavy atom. The summed E-state index contributed by atoms with van der Waals surface area (Å²) >= 11 is 0. The number of ether oxygens (including phenoxy) is 1. The van der Waals surface area contributed by atoms with Crippen LogP contribution in [-0.4, -0.2) is 16.9 Å². The Kier molecular flexibility index (Phi) is 4.36. The first-order valence-corrected chi connectivity index (χ1v) is 7.22. The quantitative estimate of drug-likeness (QED) is 0.797. The third-order valence-corrected chi connectivity index (χ3v) is 5.36. The fourth-order valence-electron chi connectivity index (χ4n) is 2.14. The van der Waals surface area contributed by atoms with Crippen molar-refractivity contribution in [3.8, 4) is 5.75 Å². The first-order valence-electron chi connectivity index (χ1n) is 5.61. The molecule has 0 saturated carbocycles. The molecule has 0 bridgehead atoms. The maximum absolute atomic E-state index is 11.7. The van der Waals surface area contributed by atoms with Gasteiger partial charge in [-0.05, 0) is 30.5 Å². The molecule has 5 heteroatoms. The molecule has 0 heterocycles. The highest BCUT2D eigenvalue weighted by atomic mass is 31.2. The molecule has 0 radical (unpaired) electrons. The number of benzene rings is 1. The summed E-state index contributed by atoms with van der Waals surface area (Å²) in [7, 11) is -2.63. The molecule has 96 valence electrons. The van der Waals surface area contributed by atoms with E-state index in [2.05, 4.69) is 0 Å². The van der Waals surface area contributed by atoms with Crippen LogP contribution in [0, 0.1) is 0 Å². The summed E-state index contributed by atoms with van der Waals surface area (Å²) in [5.74, 6) is 0.681. The van der Waals surface area contributed by atoms with Gasteiger partial charge in [0, 0.05) is 0 Å². The summed E-state index contributed by atoms with van der Waals surface area (Å²) in [6, 6.07) is 6.91. The van der Waals surface area contributed by atoms with Crippen molar-refractivity contribution in [2.45, 2.75) is 31.8 Å². The standard InChI is InChI=1S/C12H19O4P/c1-4-12(5-2,17(13,14)15)10-6-8-11(16-3)9-7-10/h6-9H,4-5H2,1-3H3,(H2,13,14,15). The van der Waals surface area contributed by atoms with Crippen LogP contribution in [0.2, 0.25) is 0 Å². The average molecular weight is 258 g/mol. The van der Waals surface area contributed by atoms with Crippen molar-refractivity contribution < 1.29 is 19.1 Å². The molecule has 0 saturated heterocycles. The van der Waals surface area contributed by atoms with Gasteiger partial charge in [-0.15, -0.1) is 0 Å². The first-order chi connectivity index (χ1) is 7.91. The molecule has 0 aliphatic heterocycles. The molecule has 0 aliphatic rings. The molecule has 0 aromatic heterocycles. The van der Waals surface area contributed by atoms with E-state index < -0.39 is 12.8 Å². The Bertz CT molecular complexity index is 403. The highest BCUT2D eigenvalue weighted by Crippen LogP contribution is 2.60. The van der Waals surface area contributed by atoms with E-state index in [0.717, 1.165) is 0 Å². The third kappa shape index (κ3) is 2.54. The topological polar surface area (TPSA) is 66.8 Å². The lowest BCUT2D eigenvalue weighted by Gasteiger charge is -2.32. The van der Waals surface area contributed by atoms with E-state index in [1.807, 2.05) is 0 Å². The predicted octanol–water partition coefficient (Wildman–Crippen LogP) is 2.89. The van der Waals surface area contributed by atoms with Crippen LogP contribution < -0.4 is 4.74 Å². The average Bonchev–Trinajstić information content (AvgIpc) is 2.30.